The normalized spacial score (nSPS) is 11.2. The molecule has 5 nitrogen and oxygen atoms in total. The molecule has 0 aliphatic heterocycles. The summed E-state index contributed by atoms with van der Waals surface area (Å²) in [5, 5.41) is 0. The van der Waals surface area contributed by atoms with Gasteiger partial charge in [0.1, 0.15) is 15.7 Å². The molecule has 0 atom stereocenters. The molecule has 0 unspecified atom stereocenters. The molecule has 100 valence electrons. The number of nitrogens with two attached hydrogens (primary N) is 1. The van der Waals surface area contributed by atoms with E-state index < -0.39 is 21.6 Å². The van der Waals surface area contributed by atoms with Crippen LogP contribution in [0.4, 0.5) is 10.1 Å². The van der Waals surface area contributed by atoms with E-state index in [1.165, 1.54) is 6.07 Å². The monoisotopic (exact) mass is 275 g/mol. The zero-order chi connectivity index (χ0) is 13.8. The first kappa shape index (κ1) is 14.4. The Labute approximate surface area is 105 Å². The number of nitrogen functional groups attached to an aromatic ring is 1. The first-order valence-electron chi connectivity index (χ1n) is 5.19. The average molecular weight is 275 g/mol. The molecule has 0 fully saturated rings. The van der Waals surface area contributed by atoms with Crippen LogP contribution >= 0.6 is 0 Å². The van der Waals surface area contributed by atoms with E-state index in [0.717, 1.165) is 18.4 Å². The number of carbonyl (C=O) groups excluding carboxylic acids is 1. The highest BCUT2D eigenvalue weighted by molar-refractivity contribution is 7.90. The molecule has 0 aliphatic carbocycles. The summed E-state index contributed by atoms with van der Waals surface area (Å²) < 4.78 is 39.4. The minimum atomic E-state index is -3.07. The number of carbonyl (C=O) groups is 1. The number of hydrogen-bond acceptors (Lipinski definition) is 5. The molecule has 2 N–H and O–H groups in total. The zero-order valence-electron chi connectivity index (χ0n) is 9.85. The van der Waals surface area contributed by atoms with E-state index in [1.807, 2.05) is 0 Å². The van der Waals surface area contributed by atoms with Crippen LogP contribution in [0, 0.1) is 5.82 Å². The lowest BCUT2D eigenvalue weighted by atomic mass is 10.2. The fourth-order valence-corrected chi connectivity index (χ4v) is 1.94. The van der Waals surface area contributed by atoms with Crippen LogP contribution in [0.2, 0.25) is 0 Å². The highest BCUT2D eigenvalue weighted by atomic mass is 32.2. The topological polar surface area (TPSA) is 86.5 Å². The van der Waals surface area contributed by atoms with Crippen molar-refractivity contribution in [2.45, 2.75) is 6.42 Å². The third-order valence-corrected chi connectivity index (χ3v) is 3.08. The van der Waals surface area contributed by atoms with Crippen molar-refractivity contribution in [2.24, 2.45) is 0 Å². The Hall–Kier alpha value is -1.63. The van der Waals surface area contributed by atoms with Crippen molar-refractivity contribution in [3.05, 3.63) is 29.6 Å². The Morgan fingerprint density at radius 3 is 2.61 bits per heavy atom. The highest BCUT2D eigenvalue weighted by Gasteiger charge is 2.10. The number of ether oxygens (including phenoxy) is 1. The Morgan fingerprint density at radius 1 is 1.39 bits per heavy atom. The van der Waals surface area contributed by atoms with Gasteiger partial charge in [-0.25, -0.2) is 17.6 Å². The van der Waals surface area contributed by atoms with Crippen LogP contribution in [-0.2, 0) is 14.6 Å². The number of sulfone groups is 1. The third-order valence-electron chi connectivity index (χ3n) is 2.05. The lowest BCUT2D eigenvalue weighted by molar-refractivity contribution is 0.0505. The summed E-state index contributed by atoms with van der Waals surface area (Å²) in [4.78, 5) is 11.5. The van der Waals surface area contributed by atoms with Gasteiger partial charge in [-0.05, 0) is 24.6 Å². The van der Waals surface area contributed by atoms with Gasteiger partial charge >= 0.3 is 5.97 Å². The van der Waals surface area contributed by atoms with Crippen LogP contribution in [0.15, 0.2) is 18.2 Å². The lowest BCUT2D eigenvalue weighted by Crippen LogP contribution is -2.11. The number of halogens is 1. The van der Waals surface area contributed by atoms with Gasteiger partial charge in [0.25, 0.3) is 0 Å². The second-order valence-corrected chi connectivity index (χ2v) is 6.15. The van der Waals surface area contributed by atoms with Crippen LogP contribution in [0.3, 0.4) is 0 Å². The predicted molar refractivity (Wildman–Crippen MR) is 65.4 cm³/mol. The standard InChI is InChI=1S/C11H14FNO4S/c1-18(15,16)4-2-3-17-11(14)8-5-9(12)7-10(13)6-8/h5-7H,2-4,13H2,1H3. The molecule has 1 aromatic rings. The van der Waals surface area contributed by atoms with Gasteiger partial charge in [0, 0.05) is 11.9 Å². The van der Waals surface area contributed by atoms with Crippen LogP contribution in [0.5, 0.6) is 0 Å². The minimum Gasteiger partial charge on any atom is -0.462 e. The number of anilines is 1. The Balaban J connectivity index is 2.51. The summed E-state index contributed by atoms with van der Waals surface area (Å²) in [6.07, 6.45) is 1.30. The molecule has 0 amide bonds. The first-order chi connectivity index (χ1) is 8.28. The molecule has 0 saturated carbocycles. The summed E-state index contributed by atoms with van der Waals surface area (Å²) in [6.45, 7) is -0.0394. The second kappa shape index (κ2) is 5.81. The maximum Gasteiger partial charge on any atom is 0.338 e. The molecule has 0 aliphatic rings. The van der Waals surface area contributed by atoms with Gasteiger partial charge < -0.3 is 10.5 Å². The van der Waals surface area contributed by atoms with Gasteiger partial charge in [-0.1, -0.05) is 0 Å². The number of benzene rings is 1. The summed E-state index contributed by atoms with van der Waals surface area (Å²) in [5.74, 6) is -1.42. The molecule has 0 aromatic heterocycles. The van der Waals surface area contributed by atoms with Crippen LogP contribution in [-0.4, -0.2) is 33.0 Å². The van der Waals surface area contributed by atoms with E-state index in [1.54, 1.807) is 0 Å². The van der Waals surface area contributed by atoms with Crippen LogP contribution in [0.25, 0.3) is 0 Å². The van der Waals surface area contributed by atoms with Crippen molar-refractivity contribution in [3.63, 3.8) is 0 Å². The van der Waals surface area contributed by atoms with Crippen molar-refractivity contribution in [1.82, 2.24) is 0 Å². The molecular formula is C11H14FNO4S. The largest absolute Gasteiger partial charge is 0.462 e. The fourth-order valence-electron chi connectivity index (χ4n) is 1.30. The van der Waals surface area contributed by atoms with E-state index in [4.69, 9.17) is 10.5 Å². The fraction of sp³-hybridized carbons (Fsp3) is 0.364. The van der Waals surface area contributed by atoms with Gasteiger partial charge in [0.2, 0.25) is 0 Å². The van der Waals surface area contributed by atoms with Crippen molar-refractivity contribution < 1.29 is 22.3 Å². The van der Waals surface area contributed by atoms with Gasteiger partial charge in [-0.3, -0.25) is 0 Å². The summed E-state index contributed by atoms with van der Waals surface area (Å²) in [6, 6.07) is 3.39. The first-order valence-corrected chi connectivity index (χ1v) is 7.25. The Morgan fingerprint density at radius 2 is 2.06 bits per heavy atom. The molecule has 0 heterocycles. The molecule has 1 aromatic carbocycles. The van der Waals surface area contributed by atoms with E-state index in [2.05, 4.69) is 0 Å². The summed E-state index contributed by atoms with van der Waals surface area (Å²) >= 11 is 0. The smallest absolute Gasteiger partial charge is 0.338 e. The minimum absolute atomic E-state index is 0.00635. The van der Waals surface area contributed by atoms with Gasteiger partial charge in [0.05, 0.1) is 17.9 Å². The maximum atomic E-state index is 13.0. The molecule has 7 heteroatoms. The Kier molecular flexibility index (Phi) is 4.66. The summed E-state index contributed by atoms with van der Waals surface area (Å²) in [5.41, 5.74) is 5.51. The molecule has 0 saturated heterocycles. The average Bonchev–Trinajstić information content (AvgIpc) is 2.21. The summed E-state index contributed by atoms with van der Waals surface area (Å²) in [7, 11) is -3.07. The maximum absolute atomic E-state index is 13.0. The second-order valence-electron chi connectivity index (χ2n) is 3.89. The van der Waals surface area contributed by atoms with Crippen LogP contribution in [0.1, 0.15) is 16.8 Å². The van der Waals surface area contributed by atoms with Gasteiger partial charge in [-0.15, -0.1) is 0 Å². The molecule has 1 rings (SSSR count). The third kappa shape index (κ3) is 5.13. The highest BCUT2D eigenvalue weighted by Crippen LogP contribution is 2.11. The van der Waals surface area contributed by atoms with Crippen molar-refractivity contribution in [1.29, 1.82) is 0 Å². The van der Waals surface area contributed by atoms with Gasteiger partial charge in [-0.2, -0.15) is 0 Å². The van der Waals surface area contributed by atoms with Gasteiger partial charge in [0.15, 0.2) is 0 Å². The van der Waals surface area contributed by atoms with Crippen molar-refractivity contribution in [2.75, 3.05) is 24.3 Å². The van der Waals surface area contributed by atoms with E-state index in [0.29, 0.717) is 0 Å². The van der Waals surface area contributed by atoms with E-state index >= 15 is 0 Å². The number of esters is 1. The van der Waals surface area contributed by atoms with E-state index in [-0.39, 0.29) is 30.0 Å². The Bertz CT molecular complexity index is 522. The molecule has 18 heavy (non-hydrogen) atoms. The molecule has 0 radical (unpaired) electrons. The van der Waals surface area contributed by atoms with Crippen molar-refractivity contribution >= 4 is 21.5 Å². The SMILES string of the molecule is CS(=O)(=O)CCCOC(=O)c1cc(N)cc(F)c1. The quantitative estimate of drug-likeness (QED) is 0.492. The molecule has 0 spiro atoms. The zero-order valence-corrected chi connectivity index (χ0v) is 10.7. The molecule has 0 bridgehead atoms. The molecular weight excluding hydrogens is 261 g/mol. The lowest BCUT2D eigenvalue weighted by Gasteiger charge is -2.05. The van der Waals surface area contributed by atoms with Crippen LogP contribution < -0.4 is 5.73 Å². The predicted octanol–water partition coefficient (Wildman–Crippen LogP) is 0.999. The number of rotatable bonds is 5. The van der Waals surface area contributed by atoms with Crippen molar-refractivity contribution in [3.8, 4) is 0 Å². The van der Waals surface area contributed by atoms with E-state index in [9.17, 15) is 17.6 Å². The number of hydrogen-bond donors (Lipinski definition) is 1.